The van der Waals surface area contributed by atoms with Gasteiger partial charge in [-0.15, -0.1) is 0 Å². The summed E-state index contributed by atoms with van der Waals surface area (Å²) < 4.78 is 5.58. The van der Waals surface area contributed by atoms with Crippen LogP contribution in [-0.4, -0.2) is 49.1 Å². The van der Waals surface area contributed by atoms with E-state index in [0.29, 0.717) is 11.3 Å². The molecule has 2 aromatic rings. The number of carbonyl (C=O) groups excluding carboxylic acids is 1. The van der Waals surface area contributed by atoms with E-state index in [9.17, 15) is 14.9 Å². The lowest BCUT2D eigenvalue weighted by atomic mass is 10.1. The number of non-ortho nitro benzene ring substituents is 1. The van der Waals surface area contributed by atoms with Crippen molar-refractivity contribution >= 4 is 23.2 Å². The highest BCUT2D eigenvalue weighted by atomic mass is 35.5. The van der Waals surface area contributed by atoms with Gasteiger partial charge in [-0.25, -0.2) is 5.01 Å². The van der Waals surface area contributed by atoms with E-state index in [4.69, 9.17) is 16.0 Å². The van der Waals surface area contributed by atoms with Crippen molar-refractivity contribution in [2.75, 3.05) is 33.2 Å². The average Bonchev–Trinajstić information content (AvgIpc) is 3.06. The van der Waals surface area contributed by atoms with Crippen LogP contribution in [0.5, 0.6) is 0 Å². The van der Waals surface area contributed by atoms with Gasteiger partial charge in [0.2, 0.25) is 0 Å². The van der Waals surface area contributed by atoms with Crippen LogP contribution in [-0.2, 0) is 0 Å². The number of rotatable bonds is 4. The maximum absolute atomic E-state index is 12.3. The van der Waals surface area contributed by atoms with Crippen LogP contribution < -0.4 is 10.3 Å². The molecule has 1 amide bonds. The molecule has 1 saturated heterocycles. The summed E-state index contributed by atoms with van der Waals surface area (Å²) in [5.74, 6) is 0.215. The van der Waals surface area contributed by atoms with Crippen molar-refractivity contribution in [3.63, 3.8) is 0 Å². The van der Waals surface area contributed by atoms with Gasteiger partial charge in [-0.2, -0.15) is 0 Å². The van der Waals surface area contributed by atoms with Crippen LogP contribution in [0.25, 0.3) is 11.3 Å². The van der Waals surface area contributed by atoms with Crippen LogP contribution in [0.3, 0.4) is 0 Å². The first-order valence-electron chi connectivity index (χ1n) is 7.85. The highest BCUT2D eigenvalue weighted by Gasteiger charge is 2.21. The van der Waals surface area contributed by atoms with Gasteiger partial charge in [0, 0.05) is 17.7 Å². The number of benzene rings is 1. The smallest absolute Gasteiger partial charge is 0.301 e. The average molecular weight is 366 g/mol. The summed E-state index contributed by atoms with van der Waals surface area (Å²) in [5.41, 5.74) is 3.22. The van der Waals surface area contributed by atoms with E-state index in [-0.39, 0.29) is 22.4 Å². The highest BCUT2D eigenvalue weighted by molar-refractivity contribution is 6.33. The zero-order valence-electron chi connectivity index (χ0n) is 13.6. The Morgan fingerprint density at radius 3 is 2.68 bits per heavy atom. The third-order valence-corrected chi connectivity index (χ3v) is 4.45. The fourth-order valence-electron chi connectivity index (χ4n) is 2.62. The van der Waals surface area contributed by atoms with Gasteiger partial charge < -0.3 is 9.32 Å². The summed E-state index contributed by atoms with van der Waals surface area (Å²) in [6.45, 7) is 3.48. The minimum Gasteiger partial charge on any atom is -0.451 e. The number of hydrazine groups is 1. The van der Waals surface area contributed by atoms with Crippen molar-refractivity contribution in [1.29, 1.82) is 0 Å². The zero-order chi connectivity index (χ0) is 18.0. The van der Waals surface area contributed by atoms with E-state index >= 15 is 0 Å². The Bertz CT molecular complexity index is 799. The second-order valence-electron chi connectivity index (χ2n) is 5.97. The molecule has 1 aliphatic rings. The number of furan rings is 1. The third kappa shape index (κ3) is 3.98. The SMILES string of the molecule is C[NH+]1CCN(NC(=O)c2ccc(-c3ccc([N+](=O)[O-])cc3Cl)o2)CC1. The van der Waals surface area contributed by atoms with Crippen molar-refractivity contribution in [3.05, 3.63) is 51.2 Å². The quantitative estimate of drug-likeness (QED) is 0.622. The van der Waals surface area contributed by atoms with Gasteiger partial charge in [0.15, 0.2) is 5.76 Å². The Kier molecular flexibility index (Phi) is 5.03. The molecule has 132 valence electrons. The van der Waals surface area contributed by atoms with E-state index in [1.807, 2.05) is 5.01 Å². The molecule has 2 heterocycles. The number of quaternary nitrogens is 1. The molecule has 8 nitrogen and oxygen atoms in total. The lowest BCUT2D eigenvalue weighted by Gasteiger charge is -2.29. The van der Waals surface area contributed by atoms with E-state index < -0.39 is 4.92 Å². The predicted octanol–water partition coefficient (Wildman–Crippen LogP) is 0.983. The van der Waals surface area contributed by atoms with Gasteiger partial charge in [-0.05, 0) is 18.2 Å². The first-order valence-corrected chi connectivity index (χ1v) is 8.23. The fourth-order valence-corrected chi connectivity index (χ4v) is 2.89. The molecular formula is C16H18ClN4O4+. The Labute approximate surface area is 149 Å². The number of likely N-dealkylation sites (N-methyl/N-ethyl adjacent to an activating group) is 1. The molecule has 9 heteroatoms. The van der Waals surface area contributed by atoms with Crippen LogP contribution in [0.2, 0.25) is 5.02 Å². The summed E-state index contributed by atoms with van der Waals surface area (Å²) in [6.07, 6.45) is 0. The molecule has 1 aliphatic heterocycles. The molecule has 0 aliphatic carbocycles. The topological polar surface area (TPSA) is 93.1 Å². The van der Waals surface area contributed by atoms with Crippen molar-refractivity contribution in [3.8, 4) is 11.3 Å². The largest absolute Gasteiger partial charge is 0.451 e. The Balaban J connectivity index is 1.71. The number of amides is 1. The van der Waals surface area contributed by atoms with Gasteiger partial charge >= 0.3 is 5.91 Å². The minimum absolute atomic E-state index is 0.101. The van der Waals surface area contributed by atoms with Crippen molar-refractivity contribution in [2.45, 2.75) is 0 Å². The van der Waals surface area contributed by atoms with E-state index in [0.717, 1.165) is 26.2 Å². The minimum atomic E-state index is -0.519. The molecule has 0 radical (unpaired) electrons. The standard InChI is InChI=1S/C16H17ClN4O4/c1-19-6-8-20(9-7-19)18-16(22)15-5-4-14(25-15)12-3-2-11(21(23)24)10-13(12)17/h2-5,10H,6-9H2,1H3,(H,18,22)/p+1. The zero-order valence-corrected chi connectivity index (χ0v) is 14.4. The number of nitro groups is 1. The number of hydrogen-bond donors (Lipinski definition) is 2. The first kappa shape index (κ1) is 17.4. The second-order valence-corrected chi connectivity index (χ2v) is 6.38. The summed E-state index contributed by atoms with van der Waals surface area (Å²) in [6, 6.07) is 7.28. The maximum Gasteiger partial charge on any atom is 0.301 e. The third-order valence-electron chi connectivity index (χ3n) is 4.14. The molecule has 1 aromatic heterocycles. The van der Waals surface area contributed by atoms with Gasteiger partial charge in [0.25, 0.3) is 5.69 Å². The lowest BCUT2D eigenvalue weighted by molar-refractivity contribution is -0.884. The van der Waals surface area contributed by atoms with Gasteiger partial charge in [0.05, 0.1) is 43.2 Å². The Hall–Kier alpha value is -2.42. The molecule has 3 rings (SSSR count). The number of nitro benzene ring substituents is 1. The lowest BCUT2D eigenvalue weighted by Crippen LogP contribution is -3.12. The fraction of sp³-hybridized carbons (Fsp3) is 0.312. The van der Waals surface area contributed by atoms with E-state index in [2.05, 4.69) is 12.5 Å². The van der Waals surface area contributed by atoms with Crippen LogP contribution in [0.15, 0.2) is 34.7 Å². The Morgan fingerprint density at radius 1 is 1.32 bits per heavy atom. The van der Waals surface area contributed by atoms with E-state index in [1.165, 1.54) is 23.1 Å². The molecule has 0 saturated carbocycles. The molecule has 0 bridgehead atoms. The molecule has 0 atom stereocenters. The van der Waals surface area contributed by atoms with Crippen LogP contribution in [0.1, 0.15) is 10.6 Å². The van der Waals surface area contributed by atoms with Gasteiger partial charge in [0.1, 0.15) is 5.76 Å². The number of halogens is 1. The van der Waals surface area contributed by atoms with Crippen molar-refractivity contribution < 1.29 is 19.0 Å². The number of nitrogens with one attached hydrogen (secondary N) is 2. The maximum atomic E-state index is 12.3. The summed E-state index contributed by atoms with van der Waals surface area (Å²) in [4.78, 5) is 24.0. The predicted molar refractivity (Wildman–Crippen MR) is 91.5 cm³/mol. The van der Waals surface area contributed by atoms with Crippen molar-refractivity contribution in [1.82, 2.24) is 10.4 Å². The molecule has 2 N–H and O–H groups in total. The normalized spacial score (nSPS) is 15.9. The second kappa shape index (κ2) is 7.22. The van der Waals surface area contributed by atoms with Gasteiger partial charge in [-0.1, -0.05) is 11.6 Å². The molecule has 1 fully saturated rings. The van der Waals surface area contributed by atoms with Crippen LogP contribution in [0, 0.1) is 10.1 Å². The number of piperazine rings is 1. The highest BCUT2D eigenvalue weighted by Crippen LogP contribution is 2.32. The Morgan fingerprint density at radius 2 is 2.04 bits per heavy atom. The molecule has 0 unspecified atom stereocenters. The monoisotopic (exact) mass is 365 g/mol. The molecule has 0 spiro atoms. The summed E-state index contributed by atoms with van der Waals surface area (Å²) in [5, 5.41) is 12.8. The van der Waals surface area contributed by atoms with Gasteiger partial charge in [-0.3, -0.25) is 20.3 Å². The summed E-state index contributed by atoms with van der Waals surface area (Å²) in [7, 11) is 2.12. The summed E-state index contributed by atoms with van der Waals surface area (Å²) >= 11 is 6.09. The van der Waals surface area contributed by atoms with E-state index in [1.54, 1.807) is 12.1 Å². The first-order chi connectivity index (χ1) is 11.9. The number of carbonyl (C=O) groups is 1. The van der Waals surface area contributed by atoms with Crippen LogP contribution >= 0.6 is 11.6 Å². The van der Waals surface area contributed by atoms with Crippen LogP contribution in [0.4, 0.5) is 5.69 Å². The molecular weight excluding hydrogens is 348 g/mol. The van der Waals surface area contributed by atoms with Crippen molar-refractivity contribution in [2.24, 2.45) is 0 Å². The number of nitrogens with zero attached hydrogens (tertiary/aromatic N) is 2. The molecule has 1 aromatic carbocycles. The number of hydrogen-bond acceptors (Lipinski definition) is 5. The molecule has 25 heavy (non-hydrogen) atoms.